The number of benzene rings is 1. The predicted octanol–water partition coefficient (Wildman–Crippen LogP) is 3.75. The van der Waals surface area contributed by atoms with Crippen LogP contribution in [0, 0.1) is 5.82 Å². The Balaban J connectivity index is 1.89. The molecule has 2 fully saturated rings. The molecular formula is C22H28FN3O3. The molecule has 2 aromatic rings. The largest absolute Gasteiger partial charge is 0.380 e. The fourth-order valence-corrected chi connectivity index (χ4v) is 4.85. The number of hydrogen-bond acceptors (Lipinski definition) is 4. The molecule has 156 valence electrons. The summed E-state index contributed by atoms with van der Waals surface area (Å²) in [6.45, 7) is 1.05. The summed E-state index contributed by atoms with van der Waals surface area (Å²) < 4.78 is 17.5. The molecule has 29 heavy (non-hydrogen) atoms. The quantitative estimate of drug-likeness (QED) is 0.828. The highest BCUT2D eigenvalue weighted by Crippen LogP contribution is 2.32. The molecule has 0 bridgehead atoms. The second kappa shape index (κ2) is 8.13. The van der Waals surface area contributed by atoms with Gasteiger partial charge in [0.25, 0.3) is 5.56 Å². The lowest BCUT2D eigenvalue weighted by Gasteiger charge is -2.25. The van der Waals surface area contributed by atoms with E-state index in [-0.39, 0.29) is 29.8 Å². The molecule has 7 heteroatoms. The molecule has 2 saturated carbocycles. The molecule has 0 amide bonds. The van der Waals surface area contributed by atoms with E-state index in [2.05, 4.69) is 5.32 Å². The Morgan fingerprint density at radius 3 is 2.38 bits per heavy atom. The first-order valence-corrected chi connectivity index (χ1v) is 10.7. The first-order chi connectivity index (χ1) is 14.0. The number of nitrogens with one attached hydrogen (secondary N) is 1. The molecule has 0 aliphatic heterocycles. The van der Waals surface area contributed by atoms with Crippen LogP contribution in [0.25, 0.3) is 10.9 Å². The van der Waals surface area contributed by atoms with E-state index < -0.39 is 17.1 Å². The summed E-state index contributed by atoms with van der Waals surface area (Å²) in [5, 5.41) is 3.45. The van der Waals surface area contributed by atoms with Crippen LogP contribution in [0.3, 0.4) is 0 Å². The van der Waals surface area contributed by atoms with Gasteiger partial charge in [0.15, 0.2) is 0 Å². The minimum atomic E-state index is -0.599. The van der Waals surface area contributed by atoms with Crippen molar-refractivity contribution in [2.45, 2.75) is 83.3 Å². The summed E-state index contributed by atoms with van der Waals surface area (Å²) >= 11 is 0. The number of halogens is 1. The third-order valence-corrected chi connectivity index (χ3v) is 6.29. The molecule has 4 rings (SSSR count). The van der Waals surface area contributed by atoms with Gasteiger partial charge in [0.2, 0.25) is 0 Å². The van der Waals surface area contributed by atoms with Gasteiger partial charge in [0.05, 0.1) is 23.1 Å². The molecule has 6 nitrogen and oxygen atoms in total. The third kappa shape index (κ3) is 3.87. The van der Waals surface area contributed by atoms with Crippen molar-refractivity contribution in [1.82, 2.24) is 9.13 Å². The maximum Gasteiger partial charge on any atom is 0.332 e. The summed E-state index contributed by atoms with van der Waals surface area (Å²) in [7, 11) is 0. The number of carbonyl (C=O) groups excluding carboxylic acids is 1. The van der Waals surface area contributed by atoms with Crippen molar-refractivity contribution in [3.8, 4) is 0 Å². The van der Waals surface area contributed by atoms with Crippen LogP contribution in [0.15, 0.2) is 21.7 Å². The average molecular weight is 401 g/mol. The Kier molecular flexibility index (Phi) is 5.56. The Labute approximate surface area is 168 Å². The topological polar surface area (TPSA) is 73.1 Å². The van der Waals surface area contributed by atoms with E-state index in [1.807, 2.05) is 0 Å². The smallest absolute Gasteiger partial charge is 0.332 e. The molecule has 0 spiro atoms. The summed E-state index contributed by atoms with van der Waals surface area (Å²) in [6, 6.07) is 3.03. The summed E-state index contributed by atoms with van der Waals surface area (Å²) in [5.74, 6) is -0.774. The van der Waals surface area contributed by atoms with E-state index in [0.717, 1.165) is 55.9 Å². The highest BCUT2D eigenvalue weighted by molar-refractivity contribution is 5.83. The molecule has 1 heterocycles. The predicted molar refractivity (Wildman–Crippen MR) is 111 cm³/mol. The summed E-state index contributed by atoms with van der Waals surface area (Å²) in [5.41, 5.74) is -0.261. The number of nitrogens with zero attached hydrogens (tertiary/aromatic N) is 2. The Hall–Kier alpha value is -2.44. The Bertz CT molecular complexity index is 1040. The van der Waals surface area contributed by atoms with Gasteiger partial charge in [-0.1, -0.05) is 32.1 Å². The van der Waals surface area contributed by atoms with Crippen LogP contribution >= 0.6 is 0 Å². The SMILES string of the molecule is CC(=O)Cn1c(=O)c2cc(F)c(NC3CCCCC3)cc2n(C2CCCC2)c1=O. The van der Waals surface area contributed by atoms with E-state index in [9.17, 15) is 18.8 Å². The van der Waals surface area contributed by atoms with Crippen LogP contribution in [0.4, 0.5) is 10.1 Å². The lowest BCUT2D eigenvalue weighted by atomic mass is 9.95. The molecule has 1 aromatic heterocycles. The van der Waals surface area contributed by atoms with Gasteiger partial charge in [-0.3, -0.25) is 18.7 Å². The van der Waals surface area contributed by atoms with Crippen molar-refractivity contribution in [2.24, 2.45) is 0 Å². The van der Waals surface area contributed by atoms with Crippen LogP contribution in [0.2, 0.25) is 0 Å². The number of hydrogen-bond donors (Lipinski definition) is 1. The number of fused-ring (bicyclic) bond motifs is 1. The number of anilines is 1. The lowest BCUT2D eigenvalue weighted by molar-refractivity contribution is -0.117. The van der Waals surface area contributed by atoms with Crippen LogP contribution in [0.1, 0.15) is 70.8 Å². The fourth-order valence-electron chi connectivity index (χ4n) is 4.85. The zero-order chi connectivity index (χ0) is 20.5. The van der Waals surface area contributed by atoms with E-state index in [1.54, 1.807) is 10.6 Å². The molecule has 0 radical (unpaired) electrons. The van der Waals surface area contributed by atoms with Gasteiger partial charge in [0, 0.05) is 12.1 Å². The van der Waals surface area contributed by atoms with Gasteiger partial charge < -0.3 is 5.32 Å². The number of rotatable bonds is 5. The first-order valence-electron chi connectivity index (χ1n) is 10.7. The Morgan fingerprint density at radius 1 is 1.07 bits per heavy atom. The maximum absolute atomic E-state index is 14.9. The van der Waals surface area contributed by atoms with E-state index in [1.165, 1.54) is 19.4 Å². The van der Waals surface area contributed by atoms with Crippen LogP contribution in [-0.4, -0.2) is 21.0 Å². The van der Waals surface area contributed by atoms with Crippen LogP contribution in [-0.2, 0) is 11.3 Å². The second-order valence-electron chi connectivity index (χ2n) is 8.51. The average Bonchev–Trinajstić information content (AvgIpc) is 3.22. The number of carbonyl (C=O) groups is 1. The fraction of sp³-hybridized carbons (Fsp3) is 0.591. The van der Waals surface area contributed by atoms with E-state index in [0.29, 0.717) is 11.2 Å². The summed E-state index contributed by atoms with van der Waals surface area (Å²) in [4.78, 5) is 37.7. The van der Waals surface area contributed by atoms with Crippen molar-refractivity contribution in [1.29, 1.82) is 0 Å². The van der Waals surface area contributed by atoms with Gasteiger partial charge >= 0.3 is 5.69 Å². The van der Waals surface area contributed by atoms with E-state index >= 15 is 0 Å². The lowest BCUT2D eigenvalue weighted by Crippen LogP contribution is -2.42. The van der Waals surface area contributed by atoms with Crippen molar-refractivity contribution in [3.05, 3.63) is 38.8 Å². The molecule has 0 unspecified atom stereocenters. The second-order valence-corrected chi connectivity index (χ2v) is 8.51. The van der Waals surface area contributed by atoms with Gasteiger partial charge in [-0.05, 0) is 44.7 Å². The maximum atomic E-state index is 14.9. The third-order valence-electron chi connectivity index (χ3n) is 6.29. The molecule has 1 aromatic carbocycles. The minimum absolute atomic E-state index is 0.0307. The first kappa shape index (κ1) is 19.9. The molecule has 2 aliphatic rings. The van der Waals surface area contributed by atoms with E-state index in [4.69, 9.17) is 0 Å². The molecule has 1 N–H and O–H groups in total. The normalized spacial score (nSPS) is 18.4. The van der Waals surface area contributed by atoms with Gasteiger partial charge in [-0.25, -0.2) is 9.18 Å². The highest BCUT2D eigenvalue weighted by atomic mass is 19.1. The molecule has 0 atom stereocenters. The highest BCUT2D eigenvalue weighted by Gasteiger charge is 2.25. The monoisotopic (exact) mass is 401 g/mol. The zero-order valence-electron chi connectivity index (χ0n) is 16.9. The van der Waals surface area contributed by atoms with Crippen molar-refractivity contribution < 1.29 is 9.18 Å². The minimum Gasteiger partial charge on any atom is -0.380 e. The number of ketones is 1. The van der Waals surface area contributed by atoms with Crippen molar-refractivity contribution in [2.75, 3.05) is 5.32 Å². The van der Waals surface area contributed by atoms with Crippen LogP contribution in [0.5, 0.6) is 0 Å². The number of aromatic nitrogens is 2. The summed E-state index contributed by atoms with van der Waals surface area (Å²) in [6.07, 6.45) is 9.14. The van der Waals surface area contributed by atoms with Gasteiger partial charge in [-0.15, -0.1) is 0 Å². The zero-order valence-corrected chi connectivity index (χ0v) is 16.9. The van der Waals surface area contributed by atoms with Crippen molar-refractivity contribution >= 4 is 22.4 Å². The van der Waals surface area contributed by atoms with Gasteiger partial charge in [-0.2, -0.15) is 0 Å². The standard InChI is InChI=1S/C22H28FN3O3/c1-14(27)13-25-21(28)17-11-18(23)19(24-15-7-3-2-4-8-15)12-20(17)26(22(25)29)16-9-5-6-10-16/h11-12,15-16,24H,2-10,13H2,1H3. The van der Waals surface area contributed by atoms with Crippen LogP contribution < -0.4 is 16.6 Å². The number of Topliss-reactive ketones (excluding diaryl/α,β-unsaturated/α-hetero) is 1. The molecular weight excluding hydrogens is 373 g/mol. The molecule has 2 aliphatic carbocycles. The van der Waals surface area contributed by atoms with Crippen molar-refractivity contribution in [3.63, 3.8) is 0 Å². The Morgan fingerprint density at radius 2 is 1.72 bits per heavy atom. The molecule has 0 saturated heterocycles. The van der Waals surface area contributed by atoms with Gasteiger partial charge in [0.1, 0.15) is 11.6 Å².